The van der Waals surface area contributed by atoms with E-state index in [4.69, 9.17) is 16.3 Å². The molecule has 1 N–H and O–H groups in total. The maximum absolute atomic E-state index is 12.9. The van der Waals surface area contributed by atoms with Crippen molar-refractivity contribution in [1.82, 2.24) is 4.90 Å². The van der Waals surface area contributed by atoms with Crippen LogP contribution in [-0.2, 0) is 4.79 Å². The fourth-order valence-electron chi connectivity index (χ4n) is 3.26. The van der Waals surface area contributed by atoms with Crippen LogP contribution in [0.15, 0.2) is 42.5 Å². The van der Waals surface area contributed by atoms with E-state index in [1.165, 1.54) is 0 Å². The summed E-state index contributed by atoms with van der Waals surface area (Å²) in [5.41, 5.74) is 1.91. The van der Waals surface area contributed by atoms with Crippen LogP contribution in [0.3, 0.4) is 0 Å². The normalized spacial score (nSPS) is 14.3. The Bertz CT molecular complexity index is 845. The van der Waals surface area contributed by atoms with Crippen LogP contribution in [0.5, 0.6) is 5.75 Å². The molecule has 0 bridgehead atoms. The van der Waals surface area contributed by atoms with Gasteiger partial charge in [0.05, 0.1) is 11.3 Å². The predicted molar refractivity (Wildman–Crippen MR) is 111 cm³/mol. The van der Waals surface area contributed by atoms with Crippen molar-refractivity contribution in [2.45, 2.75) is 32.6 Å². The first kappa shape index (κ1) is 20.2. The Morgan fingerprint density at radius 3 is 2.50 bits per heavy atom. The van der Waals surface area contributed by atoms with Crippen LogP contribution < -0.4 is 10.1 Å². The van der Waals surface area contributed by atoms with E-state index in [9.17, 15) is 9.59 Å². The molecule has 2 aromatic carbocycles. The molecule has 1 saturated heterocycles. The number of halogens is 1. The fourth-order valence-corrected chi connectivity index (χ4v) is 3.38. The lowest BCUT2D eigenvalue weighted by molar-refractivity contribution is -0.118. The van der Waals surface area contributed by atoms with Gasteiger partial charge in [0.15, 0.2) is 6.61 Å². The fraction of sp³-hybridized carbons (Fsp3) is 0.364. The first-order valence-corrected chi connectivity index (χ1v) is 9.99. The average Bonchev–Trinajstić information content (AvgIpc) is 2.98. The average molecular weight is 401 g/mol. The number of nitrogens with one attached hydrogen (secondary N) is 1. The highest BCUT2D eigenvalue weighted by atomic mass is 35.5. The molecular formula is C22H25ClN2O3. The van der Waals surface area contributed by atoms with Crippen molar-refractivity contribution in [2.75, 3.05) is 25.0 Å². The van der Waals surface area contributed by atoms with Gasteiger partial charge in [-0.05, 0) is 55.7 Å². The van der Waals surface area contributed by atoms with E-state index in [-0.39, 0.29) is 18.4 Å². The number of rotatable bonds is 5. The number of ether oxygens (including phenoxy) is 1. The summed E-state index contributed by atoms with van der Waals surface area (Å²) >= 11 is 6.00. The Balaban J connectivity index is 1.64. The van der Waals surface area contributed by atoms with E-state index < -0.39 is 0 Å². The smallest absolute Gasteiger partial charge is 0.262 e. The van der Waals surface area contributed by atoms with E-state index in [1.54, 1.807) is 36.4 Å². The Labute approximate surface area is 170 Å². The zero-order valence-electron chi connectivity index (χ0n) is 16.0. The van der Waals surface area contributed by atoms with Crippen LogP contribution in [0, 0.1) is 6.92 Å². The molecule has 0 atom stereocenters. The number of likely N-dealkylation sites (tertiary alicyclic amines) is 1. The molecule has 6 heteroatoms. The summed E-state index contributed by atoms with van der Waals surface area (Å²) < 4.78 is 5.54. The molecule has 28 heavy (non-hydrogen) atoms. The Hall–Kier alpha value is -2.53. The highest BCUT2D eigenvalue weighted by Gasteiger charge is 2.20. The first-order valence-electron chi connectivity index (χ1n) is 9.62. The van der Waals surface area contributed by atoms with Gasteiger partial charge in [-0.1, -0.05) is 36.6 Å². The van der Waals surface area contributed by atoms with Gasteiger partial charge in [-0.25, -0.2) is 0 Å². The molecule has 0 aliphatic carbocycles. The summed E-state index contributed by atoms with van der Waals surface area (Å²) in [6, 6.07) is 12.4. The zero-order valence-corrected chi connectivity index (χ0v) is 16.8. The minimum absolute atomic E-state index is 0.0351. The van der Waals surface area contributed by atoms with Gasteiger partial charge < -0.3 is 15.0 Å². The van der Waals surface area contributed by atoms with Crippen molar-refractivity contribution in [3.05, 3.63) is 58.6 Å². The first-order chi connectivity index (χ1) is 13.5. The highest BCUT2D eigenvalue weighted by molar-refractivity contribution is 6.31. The topological polar surface area (TPSA) is 58.6 Å². The Morgan fingerprint density at radius 2 is 1.79 bits per heavy atom. The number of amides is 2. The molecule has 2 amide bonds. The van der Waals surface area contributed by atoms with E-state index in [0.29, 0.717) is 22.0 Å². The van der Waals surface area contributed by atoms with Crippen molar-refractivity contribution in [3.63, 3.8) is 0 Å². The van der Waals surface area contributed by atoms with Crippen molar-refractivity contribution >= 4 is 29.1 Å². The maximum atomic E-state index is 12.9. The monoisotopic (exact) mass is 400 g/mol. The van der Waals surface area contributed by atoms with Gasteiger partial charge >= 0.3 is 0 Å². The Morgan fingerprint density at radius 1 is 1.07 bits per heavy atom. The number of hydrogen-bond donors (Lipinski definition) is 1. The molecule has 148 valence electrons. The third-order valence-electron chi connectivity index (χ3n) is 4.82. The van der Waals surface area contributed by atoms with Gasteiger partial charge in [0.1, 0.15) is 5.75 Å². The summed E-state index contributed by atoms with van der Waals surface area (Å²) in [5, 5.41) is 3.46. The number of hydrogen-bond acceptors (Lipinski definition) is 3. The second kappa shape index (κ2) is 9.60. The molecule has 1 heterocycles. The summed E-state index contributed by atoms with van der Waals surface area (Å²) in [5.74, 6) is 0.224. The molecule has 2 aromatic rings. The highest BCUT2D eigenvalue weighted by Crippen LogP contribution is 2.22. The molecule has 0 saturated carbocycles. The third-order valence-corrected chi connectivity index (χ3v) is 5.25. The summed E-state index contributed by atoms with van der Waals surface area (Å²) in [6.07, 6.45) is 4.36. The van der Waals surface area contributed by atoms with Crippen LogP contribution in [-0.4, -0.2) is 36.4 Å². The zero-order chi connectivity index (χ0) is 19.9. The lowest BCUT2D eigenvalue weighted by atomic mass is 10.1. The van der Waals surface area contributed by atoms with E-state index >= 15 is 0 Å². The van der Waals surface area contributed by atoms with Crippen LogP contribution in [0.2, 0.25) is 5.02 Å². The van der Waals surface area contributed by atoms with Crippen molar-refractivity contribution in [3.8, 4) is 5.75 Å². The van der Waals surface area contributed by atoms with E-state index in [1.807, 2.05) is 17.9 Å². The van der Waals surface area contributed by atoms with Crippen LogP contribution >= 0.6 is 11.6 Å². The standard InChI is InChI=1S/C22H25ClN2O3/c1-16-14-17(10-11-19(16)23)28-15-21(26)24-20-9-5-4-8-18(20)22(27)25-12-6-2-3-7-13-25/h4-5,8-11,14H,2-3,6-7,12-13,15H2,1H3,(H,24,26). The third kappa shape index (κ3) is 5.26. The Kier molecular flexibility index (Phi) is 6.93. The van der Waals surface area contributed by atoms with Gasteiger partial charge in [0.2, 0.25) is 0 Å². The van der Waals surface area contributed by atoms with Gasteiger partial charge in [-0.15, -0.1) is 0 Å². The minimum atomic E-state index is -0.316. The molecule has 1 fully saturated rings. The SMILES string of the molecule is Cc1cc(OCC(=O)Nc2ccccc2C(=O)N2CCCCCC2)ccc1Cl. The summed E-state index contributed by atoms with van der Waals surface area (Å²) in [4.78, 5) is 27.2. The van der Waals surface area contributed by atoms with E-state index in [2.05, 4.69) is 5.32 Å². The predicted octanol–water partition coefficient (Wildman–Crippen LogP) is 4.68. The summed E-state index contributed by atoms with van der Waals surface area (Å²) in [6.45, 7) is 3.26. The van der Waals surface area contributed by atoms with Crippen LogP contribution in [0.1, 0.15) is 41.6 Å². The number of para-hydroxylation sites is 1. The number of carbonyl (C=O) groups excluding carboxylic acids is 2. The van der Waals surface area contributed by atoms with Crippen LogP contribution in [0.4, 0.5) is 5.69 Å². The van der Waals surface area contributed by atoms with Gasteiger partial charge in [0.25, 0.3) is 11.8 Å². The minimum Gasteiger partial charge on any atom is -0.484 e. The molecule has 1 aliphatic rings. The number of benzene rings is 2. The number of aryl methyl sites for hydroxylation is 1. The number of carbonyl (C=O) groups is 2. The largest absolute Gasteiger partial charge is 0.484 e. The van der Waals surface area contributed by atoms with Crippen LogP contribution in [0.25, 0.3) is 0 Å². The molecule has 1 aliphatic heterocycles. The van der Waals surface area contributed by atoms with Crippen molar-refractivity contribution in [2.24, 2.45) is 0 Å². The molecule has 5 nitrogen and oxygen atoms in total. The second-order valence-corrected chi connectivity index (χ2v) is 7.41. The molecular weight excluding hydrogens is 376 g/mol. The molecule has 0 aromatic heterocycles. The van der Waals surface area contributed by atoms with Crippen molar-refractivity contribution in [1.29, 1.82) is 0 Å². The molecule has 0 spiro atoms. The molecule has 0 radical (unpaired) electrons. The number of anilines is 1. The van der Waals surface area contributed by atoms with Gasteiger partial charge in [-0.3, -0.25) is 9.59 Å². The van der Waals surface area contributed by atoms with Crippen molar-refractivity contribution < 1.29 is 14.3 Å². The lowest BCUT2D eigenvalue weighted by Crippen LogP contribution is -2.33. The summed E-state index contributed by atoms with van der Waals surface area (Å²) in [7, 11) is 0. The lowest BCUT2D eigenvalue weighted by Gasteiger charge is -2.22. The second-order valence-electron chi connectivity index (χ2n) is 7.00. The van der Waals surface area contributed by atoms with Gasteiger partial charge in [0, 0.05) is 18.1 Å². The van der Waals surface area contributed by atoms with E-state index in [0.717, 1.165) is 44.3 Å². The molecule has 0 unspecified atom stereocenters. The maximum Gasteiger partial charge on any atom is 0.262 e. The van der Waals surface area contributed by atoms with Gasteiger partial charge in [-0.2, -0.15) is 0 Å². The number of nitrogens with zero attached hydrogens (tertiary/aromatic N) is 1. The quantitative estimate of drug-likeness (QED) is 0.792. The molecule has 3 rings (SSSR count).